The summed E-state index contributed by atoms with van der Waals surface area (Å²) < 4.78 is 40.6. The van der Waals surface area contributed by atoms with Gasteiger partial charge in [-0.2, -0.15) is 0 Å². The fourth-order valence-corrected chi connectivity index (χ4v) is 2.39. The fourth-order valence-electron chi connectivity index (χ4n) is 1.39. The van der Waals surface area contributed by atoms with Crippen molar-refractivity contribution in [3.05, 3.63) is 28.3 Å². The Morgan fingerprint density at radius 1 is 1.42 bits per heavy atom. The third-order valence-corrected chi connectivity index (χ3v) is 3.96. The van der Waals surface area contributed by atoms with Crippen LogP contribution in [-0.4, -0.2) is 32.4 Å². The van der Waals surface area contributed by atoms with Gasteiger partial charge < -0.3 is 4.74 Å². The number of nitro groups is 1. The number of ether oxygens (including phenoxy) is 1. The maximum atomic E-state index is 12.1. The average Bonchev–Trinajstić information content (AvgIpc) is 2.35. The van der Waals surface area contributed by atoms with E-state index in [1.54, 1.807) is 0 Å². The quantitative estimate of drug-likeness (QED) is 0.567. The van der Waals surface area contributed by atoms with Gasteiger partial charge in [-0.25, -0.2) is 12.8 Å². The highest BCUT2D eigenvalue weighted by Gasteiger charge is 2.22. The van der Waals surface area contributed by atoms with Crippen LogP contribution in [0.25, 0.3) is 0 Å². The Bertz CT molecular complexity index is 558. The molecule has 0 bridgehead atoms. The monoisotopic (exact) mass is 291 g/mol. The van der Waals surface area contributed by atoms with E-state index in [4.69, 9.17) is 4.74 Å². The van der Waals surface area contributed by atoms with Crippen LogP contribution in [0.15, 0.2) is 23.1 Å². The summed E-state index contributed by atoms with van der Waals surface area (Å²) in [6.45, 7) is 1.09. The largest absolute Gasteiger partial charge is 0.487 e. The molecule has 0 N–H and O–H groups in total. The summed E-state index contributed by atoms with van der Waals surface area (Å²) in [5.74, 6) is -0.690. The van der Waals surface area contributed by atoms with Crippen molar-refractivity contribution in [2.45, 2.75) is 18.2 Å². The number of hydrogen-bond acceptors (Lipinski definition) is 5. The number of benzene rings is 1. The molecule has 1 rings (SSSR count). The molecule has 8 heteroatoms. The first-order valence-electron chi connectivity index (χ1n) is 5.62. The van der Waals surface area contributed by atoms with E-state index in [0.717, 1.165) is 6.07 Å². The minimum atomic E-state index is -3.84. The molecule has 0 radical (unpaired) electrons. The second-order valence-corrected chi connectivity index (χ2v) is 5.85. The van der Waals surface area contributed by atoms with Crippen LogP contribution in [0.1, 0.15) is 13.3 Å². The molecule has 1 aromatic rings. The standard InChI is InChI=1S/C11H14FNO5S/c1-2-6-18-11-4-3-9(8-10(11)13(14)15)19(16,17)7-5-12/h3-4,8H,2,5-7H2,1H3. The Morgan fingerprint density at radius 2 is 2.11 bits per heavy atom. The van der Waals surface area contributed by atoms with Crippen LogP contribution in [0.4, 0.5) is 10.1 Å². The highest BCUT2D eigenvalue weighted by Crippen LogP contribution is 2.30. The number of hydrogen-bond donors (Lipinski definition) is 0. The van der Waals surface area contributed by atoms with Crippen molar-refractivity contribution < 1.29 is 22.5 Å². The molecule has 0 spiro atoms. The summed E-state index contributed by atoms with van der Waals surface area (Å²) in [5.41, 5.74) is -0.437. The zero-order valence-corrected chi connectivity index (χ0v) is 11.2. The number of rotatable bonds is 7. The zero-order valence-electron chi connectivity index (χ0n) is 10.3. The van der Waals surface area contributed by atoms with Gasteiger partial charge in [0.2, 0.25) is 0 Å². The van der Waals surface area contributed by atoms with Crippen molar-refractivity contribution in [2.24, 2.45) is 0 Å². The molecule has 0 aliphatic rings. The van der Waals surface area contributed by atoms with Gasteiger partial charge in [0.05, 0.1) is 22.2 Å². The summed E-state index contributed by atoms with van der Waals surface area (Å²) in [4.78, 5) is 9.88. The van der Waals surface area contributed by atoms with Gasteiger partial charge in [0.1, 0.15) is 6.67 Å². The van der Waals surface area contributed by atoms with Crippen molar-refractivity contribution in [3.63, 3.8) is 0 Å². The molecular formula is C11H14FNO5S. The van der Waals surface area contributed by atoms with E-state index in [-0.39, 0.29) is 17.3 Å². The van der Waals surface area contributed by atoms with Gasteiger partial charge in [0.25, 0.3) is 0 Å². The highest BCUT2D eigenvalue weighted by molar-refractivity contribution is 7.91. The Kier molecular flexibility index (Phi) is 5.22. The van der Waals surface area contributed by atoms with E-state index in [1.165, 1.54) is 12.1 Å². The van der Waals surface area contributed by atoms with E-state index < -0.39 is 32.9 Å². The van der Waals surface area contributed by atoms with Crippen LogP contribution in [-0.2, 0) is 9.84 Å². The highest BCUT2D eigenvalue weighted by atomic mass is 32.2. The van der Waals surface area contributed by atoms with E-state index in [9.17, 15) is 22.9 Å². The predicted octanol–water partition coefficient (Wildman–Crippen LogP) is 2.13. The van der Waals surface area contributed by atoms with Gasteiger partial charge in [0.15, 0.2) is 15.6 Å². The number of nitrogens with zero attached hydrogens (tertiary/aromatic N) is 1. The molecule has 19 heavy (non-hydrogen) atoms. The Balaban J connectivity index is 3.20. The Labute approximate surface area is 110 Å². The van der Waals surface area contributed by atoms with Crippen LogP contribution in [0, 0.1) is 10.1 Å². The summed E-state index contributed by atoms with van der Waals surface area (Å²) >= 11 is 0. The third-order valence-electron chi connectivity index (χ3n) is 2.29. The molecule has 0 fully saturated rings. The maximum Gasteiger partial charge on any atom is 0.312 e. The lowest BCUT2D eigenvalue weighted by Crippen LogP contribution is -2.09. The zero-order chi connectivity index (χ0) is 14.5. The molecular weight excluding hydrogens is 277 g/mol. The third kappa shape index (κ3) is 3.88. The van der Waals surface area contributed by atoms with E-state index >= 15 is 0 Å². The molecule has 0 heterocycles. The van der Waals surface area contributed by atoms with Crippen molar-refractivity contribution in [2.75, 3.05) is 19.0 Å². The van der Waals surface area contributed by atoms with Crippen molar-refractivity contribution >= 4 is 15.5 Å². The van der Waals surface area contributed by atoms with Crippen molar-refractivity contribution in [1.82, 2.24) is 0 Å². The number of alkyl halides is 1. The minimum absolute atomic E-state index is 0.00560. The van der Waals surface area contributed by atoms with Crippen LogP contribution in [0.2, 0.25) is 0 Å². The molecule has 106 valence electrons. The molecule has 6 nitrogen and oxygen atoms in total. The number of nitro benzene ring substituents is 1. The van der Waals surface area contributed by atoms with Crippen molar-refractivity contribution in [1.29, 1.82) is 0 Å². The van der Waals surface area contributed by atoms with Gasteiger partial charge in [-0.15, -0.1) is 0 Å². The number of halogens is 1. The van der Waals surface area contributed by atoms with Gasteiger partial charge in [-0.05, 0) is 18.6 Å². The van der Waals surface area contributed by atoms with Gasteiger partial charge in [0, 0.05) is 6.07 Å². The maximum absolute atomic E-state index is 12.1. The average molecular weight is 291 g/mol. The molecule has 0 aromatic heterocycles. The topological polar surface area (TPSA) is 86.5 Å². The molecule has 0 aliphatic carbocycles. The first kappa shape index (κ1) is 15.4. The van der Waals surface area contributed by atoms with Gasteiger partial charge >= 0.3 is 5.69 Å². The second kappa shape index (κ2) is 6.46. The Morgan fingerprint density at radius 3 is 2.63 bits per heavy atom. The van der Waals surface area contributed by atoms with Gasteiger partial charge in [-0.1, -0.05) is 6.92 Å². The molecule has 0 atom stereocenters. The SMILES string of the molecule is CCCOc1ccc(S(=O)(=O)CCF)cc1[N+](=O)[O-]. The lowest BCUT2D eigenvalue weighted by atomic mass is 10.3. The summed E-state index contributed by atoms with van der Waals surface area (Å²) in [7, 11) is -3.84. The van der Waals surface area contributed by atoms with E-state index in [1.807, 2.05) is 6.92 Å². The van der Waals surface area contributed by atoms with Crippen LogP contribution >= 0.6 is 0 Å². The smallest absolute Gasteiger partial charge is 0.312 e. The first-order chi connectivity index (χ1) is 8.92. The predicted molar refractivity (Wildman–Crippen MR) is 66.9 cm³/mol. The Hall–Kier alpha value is -1.70. The van der Waals surface area contributed by atoms with Crippen LogP contribution in [0.5, 0.6) is 5.75 Å². The fraction of sp³-hybridized carbons (Fsp3) is 0.455. The summed E-state index contributed by atoms with van der Waals surface area (Å²) in [5, 5.41) is 10.9. The van der Waals surface area contributed by atoms with Crippen LogP contribution < -0.4 is 4.74 Å². The summed E-state index contributed by atoms with van der Waals surface area (Å²) in [6.07, 6.45) is 0.666. The minimum Gasteiger partial charge on any atom is -0.487 e. The molecule has 0 unspecified atom stereocenters. The molecule has 0 saturated carbocycles. The normalized spacial score (nSPS) is 11.3. The summed E-state index contributed by atoms with van der Waals surface area (Å²) in [6, 6.07) is 3.30. The first-order valence-corrected chi connectivity index (χ1v) is 7.27. The molecule has 1 aromatic carbocycles. The lowest BCUT2D eigenvalue weighted by Gasteiger charge is -2.07. The molecule has 0 saturated heterocycles. The lowest BCUT2D eigenvalue weighted by molar-refractivity contribution is -0.386. The van der Waals surface area contributed by atoms with Gasteiger partial charge in [-0.3, -0.25) is 10.1 Å². The van der Waals surface area contributed by atoms with E-state index in [2.05, 4.69) is 0 Å². The number of sulfone groups is 1. The molecule has 0 aliphatic heterocycles. The molecule has 0 amide bonds. The second-order valence-electron chi connectivity index (χ2n) is 3.74. The van der Waals surface area contributed by atoms with Crippen molar-refractivity contribution in [3.8, 4) is 5.75 Å². The van der Waals surface area contributed by atoms with E-state index in [0.29, 0.717) is 6.42 Å². The van der Waals surface area contributed by atoms with Crippen LogP contribution in [0.3, 0.4) is 0 Å².